The van der Waals surface area contributed by atoms with E-state index in [4.69, 9.17) is 4.74 Å². The lowest BCUT2D eigenvalue weighted by Gasteiger charge is -2.24. The zero-order chi connectivity index (χ0) is 24.6. The molecule has 3 aromatic carbocycles. The number of nitrogens with zero attached hydrogens (tertiary/aromatic N) is 1. The molecule has 0 aliphatic heterocycles. The Bertz CT molecular complexity index is 1120. The lowest BCUT2D eigenvalue weighted by atomic mass is 10.0. The summed E-state index contributed by atoms with van der Waals surface area (Å²) in [5.74, 6) is -2.25. The van der Waals surface area contributed by atoms with E-state index in [9.17, 15) is 14.4 Å². The van der Waals surface area contributed by atoms with E-state index in [-0.39, 0.29) is 0 Å². The lowest BCUT2D eigenvalue weighted by Crippen LogP contribution is -2.36. The Labute approximate surface area is 201 Å². The second-order valence-corrected chi connectivity index (χ2v) is 9.15. The number of rotatable bonds is 9. The number of hydrogen-bond acceptors (Lipinski definition) is 4. The standard InChI is InChI=1S/C29H31NO4/c1-29(2,3)34-28(33)26(31)21-27(32)30(19-11-14-22-12-6-4-7-13-22)25-18-10-17-24(20-25)23-15-8-5-9-16-23/h4-10,12-13,15-18,20H,11,14,19,21H2,1-3H3. The first-order chi connectivity index (χ1) is 16.2. The van der Waals surface area contributed by atoms with Gasteiger partial charge in [-0.1, -0.05) is 72.8 Å². The van der Waals surface area contributed by atoms with Crippen LogP contribution in [-0.4, -0.2) is 29.8 Å². The minimum atomic E-state index is -0.983. The van der Waals surface area contributed by atoms with E-state index in [1.54, 1.807) is 25.7 Å². The average Bonchev–Trinajstić information content (AvgIpc) is 2.82. The molecule has 0 aliphatic carbocycles. The molecule has 3 aromatic rings. The smallest absolute Gasteiger partial charge is 0.375 e. The van der Waals surface area contributed by atoms with Crippen molar-refractivity contribution in [3.05, 3.63) is 90.5 Å². The molecule has 0 atom stereocenters. The highest BCUT2D eigenvalue weighted by molar-refractivity contribution is 6.37. The molecule has 176 valence electrons. The Kier molecular flexibility index (Phi) is 8.36. The van der Waals surface area contributed by atoms with Gasteiger partial charge in [-0.3, -0.25) is 9.59 Å². The van der Waals surface area contributed by atoms with Crippen molar-refractivity contribution in [2.24, 2.45) is 0 Å². The van der Waals surface area contributed by atoms with Crippen LogP contribution in [0.3, 0.4) is 0 Å². The van der Waals surface area contributed by atoms with Crippen LogP contribution < -0.4 is 4.90 Å². The SMILES string of the molecule is CC(C)(C)OC(=O)C(=O)CC(=O)N(CCCc1ccccc1)c1cccc(-c2ccccc2)c1. The van der Waals surface area contributed by atoms with Crippen LogP contribution >= 0.6 is 0 Å². The molecule has 3 rings (SSSR count). The van der Waals surface area contributed by atoms with Crippen LogP contribution in [0.4, 0.5) is 5.69 Å². The third-order valence-corrected chi connectivity index (χ3v) is 5.19. The Balaban J connectivity index is 1.80. The highest BCUT2D eigenvalue weighted by Crippen LogP contribution is 2.25. The molecule has 1 amide bonds. The summed E-state index contributed by atoms with van der Waals surface area (Å²) in [7, 11) is 0. The van der Waals surface area contributed by atoms with Crippen LogP contribution in [0.1, 0.15) is 39.2 Å². The predicted molar refractivity (Wildman–Crippen MR) is 134 cm³/mol. The molecule has 0 heterocycles. The molecule has 0 fully saturated rings. The highest BCUT2D eigenvalue weighted by Gasteiger charge is 2.27. The summed E-state index contributed by atoms with van der Waals surface area (Å²) in [4.78, 5) is 39.4. The number of hydrogen-bond donors (Lipinski definition) is 0. The molecule has 0 saturated heterocycles. The first kappa shape index (κ1) is 24.9. The summed E-state index contributed by atoms with van der Waals surface area (Å²) >= 11 is 0. The molecule has 0 bridgehead atoms. The van der Waals surface area contributed by atoms with Gasteiger partial charge in [0, 0.05) is 12.2 Å². The number of ether oxygens (including phenoxy) is 1. The number of ketones is 1. The molecule has 0 N–H and O–H groups in total. The van der Waals surface area contributed by atoms with Gasteiger partial charge in [0.1, 0.15) is 5.60 Å². The van der Waals surface area contributed by atoms with Crippen molar-refractivity contribution in [3.63, 3.8) is 0 Å². The summed E-state index contributed by atoms with van der Waals surface area (Å²) in [6.45, 7) is 5.48. The van der Waals surface area contributed by atoms with Crippen molar-refractivity contribution in [2.45, 2.75) is 45.6 Å². The zero-order valence-electron chi connectivity index (χ0n) is 20.0. The van der Waals surface area contributed by atoms with Crippen LogP contribution in [0.5, 0.6) is 0 Å². The van der Waals surface area contributed by atoms with Crippen LogP contribution in [0.25, 0.3) is 11.1 Å². The maximum absolute atomic E-state index is 13.2. The first-order valence-corrected chi connectivity index (χ1v) is 11.5. The number of carbonyl (C=O) groups is 3. The average molecular weight is 458 g/mol. The topological polar surface area (TPSA) is 63.7 Å². The molecular formula is C29H31NO4. The third-order valence-electron chi connectivity index (χ3n) is 5.19. The summed E-state index contributed by atoms with van der Waals surface area (Å²) < 4.78 is 5.14. The van der Waals surface area contributed by atoms with Gasteiger partial charge in [0.25, 0.3) is 0 Å². The minimum Gasteiger partial charge on any atom is -0.454 e. The molecule has 0 aliphatic rings. The van der Waals surface area contributed by atoms with E-state index in [0.717, 1.165) is 17.5 Å². The Morgan fingerprint density at radius 3 is 2.06 bits per heavy atom. The Morgan fingerprint density at radius 2 is 1.41 bits per heavy atom. The number of carbonyl (C=O) groups excluding carboxylic acids is 3. The number of amides is 1. The van der Waals surface area contributed by atoms with Crippen molar-refractivity contribution in [3.8, 4) is 11.1 Å². The lowest BCUT2D eigenvalue weighted by molar-refractivity contribution is -0.163. The monoisotopic (exact) mass is 457 g/mol. The van der Waals surface area contributed by atoms with Gasteiger partial charge in [0.15, 0.2) is 0 Å². The Hall–Kier alpha value is -3.73. The van der Waals surface area contributed by atoms with Gasteiger partial charge in [0.2, 0.25) is 11.7 Å². The van der Waals surface area contributed by atoms with Crippen LogP contribution in [0.15, 0.2) is 84.9 Å². The fraction of sp³-hybridized carbons (Fsp3) is 0.276. The fourth-order valence-electron chi connectivity index (χ4n) is 3.61. The van der Waals surface area contributed by atoms with E-state index in [0.29, 0.717) is 18.7 Å². The van der Waals surface area contributed by atoms with Crippen molar-refractivity contribution < 1.29 is 19.1 Å². The first-order valence-electron chi connectivity index (χ1n) is 11.5. The number of aryl methyl sites for hydroxylation is 1. The van der Waals surface area contributed by atoms with Gasteiger partial charge < -0.3 is 9.64 Å². The van der Waals surface area contributed by atoms with Gasteiger partial charge in [-0.15, -0.1) is 0 Å². The van der Waals surface area contributed by atoms with Crippen molar-refractivity contribution in [2.75, 3.05) is 11.4 Å². The van der Waals surface area contributed by atoms with Gasteiger partial charge in [0.05, 0.1) is 6.42 Å². The maximum Gasteiger partial charge on any atom is 0.375 e. The van der Waals surface area contributed by atoms with E-state index in [2.05, 4.69) is 0 Å². The number of benzene rings is 3. The largest absolute Gasteiger partial charge is 0.454 e. The summed E-state index contributed by atoms with van der Waals surface area (Å²) in [6, 6.07) is 27.6. The minimum absolute atomic E-state index is 0.422. The van der Waals surface area contributed by atoms with Crippen LogP contribution in [-0.2, 0) is 25.5 Å². The zero-order valence-corrected chi connectivity index (χ0v) is 20.0. The van der Waals surface area contributed by atoms with E-state index in [1.807, 2.05) is 84.9 Å². The third kappa shape index (κ3) is 7.41. The molecule has 0 unspecified atom stereocenters. The van der Waals surface area contributed by atoms with E-state index < -0.39 is 29.7 Å². The van der Waals surface area contributed by atoms with Gasteiger partial charge >= 0.3 is 5.97 Å². The molecule has 0 aromatic heterocycles. The van der Waals surface area contributed by atoms with Gasteiger partial charge in [-0.05, 0) is 62.4 Å². The van der Waals surface area contributed by atoms with Crippen molar-refractivity contribution in [1.82, 2.24) is 0 Å². The summed E-state index contributed by atoms with van der Waals surface area (Å²) in [6.07, 6.45) is 0.977. The summed E-state index contributed by atoms with van der Waals surface area (Å²) in [5, 5.41) is 0. The number of Topliss-reactive ketones (excluding diaryl/α,β-unsaturated/α-hetero) is 1. The van der Waals surface area contributed by atoms with Crippen LogP contribution in [0.2, 0.25) is 0 Å². The molecule has 0 saturated carbocycles. The van der Waals surface area contributed by atoms with Crippen LogP contribution in [0, 0.1) is 0 Å². The molecule has 34 heavy (non-hydrogen) atoms. The molecule has 5 nitrogen and oxygen atoms in total. The maximum atomic E-state index is 13.2. The molecule has 5 heteroatoms. The fourth-order valence-corrected chi connectivity index (χ4v) is 3.61. The van der Waals surface area contributed by atoms with Gasteiger partial charge in [-0.2, -0.15) is 0 Å². The Morgan fingerprint density at radius 1 is 0.794 bits per heavy atom. The highest BCUT2D eigenvalue weighted by atomic mass is 16.6. The quantitative estimate of drug-likeness (QED) is 0.238. The molecule has 0 radical (unpaired) electrons. The number of esters is 1. The van der Waals surface area contributed by atoms with Crippen molar-refractivity contribution >= 4 is 23.3 Å². The second kappa shape index (κ2) is 11.4. The number of anilines is 1. The summed E-state index contributed by atoms with van der Waals surface area (Å²) in [5.41, 5.74) is 3.08. The van der Waals surface area contributed by atoms with E-state index in [1.165, 1.54) is 5.56 Å². The van der Waals surface area contributed by atoms with E-state index >= 15 is 0 Å². The van der Waals surface area contributed by atoms with Gasteiger partial charge in [-0.25, -0.2) is 4.79 Å². The molecular weight excluding hydrogens is 426 g/mol. The predicted octanol–water partition coefficient (Wildman–Crippen LogP) is 5.62. The second-order valence-electron chi connectivity index (χ2n) is 9.15. The molecule has 0 spiro atoms. The normalized spacial score (nSPS) is 11.0. The van der Waals surface area contributed by atoms with Crippen molar-refractivity contribution in [1.29, 1.82) is 0 Å².